The normalized spacial score (nSPS) is 24.1. The van der Waals surface area contributed by atoms with Crippen LogP contribution in [-0.4, -0.2) is 28.2 Å². The summed E-state index contributed by atoms with van der Waals surface area (Å²) in [5, 5.41) is 0. The molecule has 2 rings (SSSR count). The van der Waals surface area contributed by atoms with Crippen LogP contribution in [0.3, 0.4) is 0 Å². The molecule has 0 bridgehead atoms. The number of halogens is 2. The van der Waals surface area contributed by atoms with Crippen molar-refractivity contribution in [3.05, 3.63) is 16.1 Å². The van der Waals surface area contributed by atoms with Gasteiger partial charge in [0.15, 0.2) is 0 Å². The Bertz CT molecular complexity index is 445. The van der Waals surface area contributed by atoms with Crippen LogP contribution in [0.15, 0.2) is 9.60 Å². The summed E-state index contributed by atoms with van der Waals surface area (Å²) in [7, 11) is 0. The predicted molar refractivity (Wildman–Crippen MR) is 60.9 cm³/mol. The number of imidazole rings is 1. The van der Waals surface area contributed by atoms with Gasteiger partial charge in [0.25, 0.3) is 0 Å². The fourth-order valence-electron chi connectivity index (χ4n) is 1.72. The number of aliphatic imine (C=N–C) groups is 1. The van der Waals surface area contributed by atoms with E-state index in [1.54, 1.807) is 13.8 Å². The van der Waals surface area contributed by atoms with Gasteiger partial charge in [-0.15, -0.1) is 0 Å². The van der Waals surface area contributed by atoms with Crippen LogP contribution in [0.4, 0.5) is 4.39 Å². The number of rotatable bonds is 2. The number of nitrogens with two attached hydrogens (primary N) is 1. The van der Waals surface area contributed by atoms with Crippen LogP contribution in [0.2, 0.25) is 0 Å². The Labute approximate surface area is 101 Å². The molecule has 0 saturated carbocycles. The van der Waals surface area contributed by atoms with Gasteiger partial charge in [0, 0.05) is 6.61 Å². The van der Waals surface area contributed by atoms with Crippen molar-refractivity contribution in [2.45, 2.75) is 26.4 Å². The molecular weight excluding hydrogens is 279 g/mol. The van der Waals surface area contributed by atoms with Crippen molar-refractivity contribution in [3.63, 3.8) is 0 Å². The average molecular weight is 291 g/mol. The second kappa shape index (κ2) is 4.14. The van der Waals surface area contributed by atoms with Gasteiger partial charge in [0.1, 0.15) is 22.0 Å². The first-order chi connectivity index (χ1) is 7.56. The van der Waals surface area contributed by atoms with E-state index in [1.165, 1.54) is 4.57 Å². The van der Waals surface area contributed by atoms with Crippen molar-refractivity contribution in [1.82, 2.24) is 9.55 Å². The highest BCUT2D eigenvalue weighted by molar-refractivity contribution is 9.10. The van der Waals surface area contributed by atoms with Crippen LogP contribution in [-0.2, 0) is 4.74 Å². The lowest BCUT2D eigenvalue weighted by Crippen LogP contribution is -2.35. The minimum atomic E-state index is -1.39. The molecule has 16 heavy (non-hydrogen) atoms. The summed E-state index contributed by atoms with van der Waals surface area (Å²) in [5.41, 5.74) is 6.23. The van der Waals surface area contributed by atoms with Crippen LogP contribution >= 0.6 is 15.9 Å². The summed E-state index contributed by atoms with van der Waals surface area (Å²) in [6.45, 7) is 3.87. The SMILES string of the molecule is CCOC1N=C(N)c2c(Br)nc(C)n2C1F. The molecule has 7 heteroatoms. The van der Waals surface area contributed by atoms with E-state index in [1.807, 2.05) is 0 Å². The zero-order chi connectivity index (χ0) is 11.9. The van der Waals surface area contributed by atoms with Crippen molar-refractivity contribution in [3.8, 4) is 0 Å². The molecule has 1 aromatic heterocycles. The highest BCUT2D eigenvalue weighted by atomic mass is 79.9. The summed E-state index contributed by atoms with van der Waals surface area (Å²) >= 11 is 3.23. The summed E-state index contributed by atoms with van der Waals surface area (Å²) in [6, 6.07) is 0. The fraction of sp³-hybridized carbons (Fsp3) is 0.556. The van der Waals surface area contributed by atoms with E-state index < -0.39 is 12.5 Å². The first kappa shape index (κ1) is 11.5. The van der Waals surface area contributed by atoms with Crippen LogP contribution < -0.4 is 5.73 Å². The Balaban J connectivity index is 2.50. The van der Waals surface area contributed by atoms with Gasteiger partial charge in [-0.25, -0.2) is 14.4 Å². The van der Waals surface area contributed by atoms with Crippen molar-refractivity contribution in [1.29, 1.82) is 0 Å². The van der Waals surface area contributed by atoms with Gasteiger partial charge in [-0.3, -0.25) is 4.57 Å². The van der Waals surface area contributed by atoms with Crippen molar-refractivity contribution >= 4 is 21.8 Å². The molecule has 0 radical (unpaired) electrons. The minimum absolute atomic E-state index is 0.236. The topological polar surface area (TPSA) is 65.4 Å². The van der Waals surface area contributed by atoms with E-state index in [9.17, 15) is 4.39 Å². The van der Waals surface area contributed by atoms with Gasteiger partial charge in [-0.1, -0.05) is 0 Å². The summed E-state index contributed by atoms with van der Waals surface area (Å²) < 4.78 is 21.2. The maximum absolute atomic E-state index is 14.1. The van der Waals surface area contributed by atoms with E-state index in [2.05, 4.69) is 25.9 Å². The summed E-state index contributed by atoms with van der Waals surface area (Å²) in [6.07, 6.45) is -2.28. The lowest BCUT2D eigenvalue weighted by Gasteiger charge is -2.25. The first-order valence-corrected chi connectivity index (χ1v) is 5.69. The summed E-state index contributed by atoms with van der Waals surface area (Å²) in [5.74, 6) is 0.775. The number of hydrogen-bond donors (Lipinski definition) is 1. The lowest BCUT2D eigenvalue weighted by atomic mass is 10.3. The largest absolute Gasteiger partial charge is 0.382 e. The Kier molecular flexibility index (Phi) is 2.98. The van der Waals surface area contributed by atoms with E-state index in [-0.39, 0.29) is 5.84 Å². The molecule has 0 fully saturated rings. The number of alkyl halides is 1. The maximum atomic E-state index is 14.1. The molecule has 5 nitrogen and oxygen atoms in total. The van der Waals surface area contributed by atoms with Gasteiger partial charge in [0.05, 0.1) is 0 Å². The molecule has 2 heterocycles. The standard InChI is InChI=1S/C9H12BrFN4O/c1-3-16-9-7(11)15-4(2)13-6(10)5(15)8(12)14-9/h7,9H,3H2,1-2H3,(H2,12,14). The molecule has 0 aliphatic carbocycles. The molecule has 0 amide bonds. The van der Waals surface area contributed by atoms with Crippen LogP contribution in [0.1, 0.15) is 24.7 Å². The minimum Gasteiger partial charge on any atom is -0.382 e. The monoisotopic (exact) mass is 290 g/mol. The molecule has 1 aliphatic rings. The Morgan fingerprint density at radius 2 is 2.31 bits per heavy atom. The first-order valence-electron chi connectivity index (χ1n) is 4.90. The van der Waals surface area contributed by atoms with Crippen LogP contribution in [0.25, 0.3) is 0 Å². The molecule has 0 spiro atoms. The summed E-state index contributed by atoms with van der Waals surface area (Å²) in [4.78, 5) is 8.09. The number of nitrogens with zero attached hydrogens (tertiary/aromatic N) is 3. The lowest BCUT2D eigenvalue weighted by molar-refractivity contribution is -0.0234. The third-order valence-electron chi connectivity index (χ3n) is 2.37. The second-order valence-corrected chi connectivity index (χ2v) is 4.15. The highest BCUT2D eigenvalue weighted by Gasteiger charge is 2.33. The van der Waals surface area contributed by atoms with Crippen LogP contribution in [0.5, 0.6) is 0 Å². The average Bonchev–Trinajstić information content (AvgIpc) is 2.51. The van der Waals surface area contributed by atoms with Gasteiger partial charge < -0.3 is 10.5 Å². The van der Waals surface area contributed by atoms with Gasteiger partial charge in [-0.05, 0) is 29.8 Å². The smallest absolute Gasteiger partial charge is 0.224 e. The van der Waals surface area contributed by atoms with Crippen molar-refractivity contribution in [2.75, 3.05) is 6.61 Å². The number of aromatic nitrogens is 2. The number of amidine groups is 1. The van der Waals surface area contributed by atoms with E-state index in [0.717, 1.165) is 0 Å². The molecule has 1 aromatic rings. The van der Waals surface area contributed by atoms with Gasteiger partial charge >= 0.3 is 0 Å². The maximum Gasteiger partial charge on any atom is 0.224 e. The Hall–Kier alpha value is -0.950. The number of fused-ring (bicyclic) bond motifs is 1. The Morgan fingerprint density at radius 1 is 1.62 bits per heavy atom. The third kappa shape index (κ3) is 1.63. The van der Waals surface area contributed by atoms with Gasteiger partial charge in [0.2, 0.25) is 12.5 Å². The highest BCUT2D eigenvalue weighted by Crippen LogP contribution is 2.30. The Morgan fingerprint density at radius 3 is 2.94 bits per heavy atom. The molecule has 1 aliphatic heterocycles. The number of aryl methyl sites for hydroxylation is 1. The fourth-order valence-corrected chi connectivity index (χ4v) is 2.37. The molecule has 2 atom stereocenters. The molecule has 88 valence electrons. The quantitative estimate of drug-likeness (QED) is 0.898. The number of ether oxygens (including phenoxy) is 1. The molecule has 0 aromatic carbocycles. The zero-order valence-electron chi connectivity index (χ0n) is 8.94. The molecule has 2 N–H and O–H groups in total. The van der Waals surface area contributed by atoms with Crippen molar-refractivity contribution in [2.24, 2.45) is 10.7 Å². The number of hydrogen-bond acceptors (Lipinski definition) is 4. The zero-order valence-corrected chi connectivity index (χ0v) is 10.5. The second-order valence-electron chi connectivity index (χ2n) is 3.40. The van der Waals surface area contributed by atoms with E-state index in [4.69, 9.17) is 10.5 Å². The van der Waals surface area contributed by atoms with Crippen LogP contribution in [0, 0.1) is 6.92 Å². The third-order valence-corrected chi connectivity index (χ3v) is 2.93. The van der Waals surface area contributed by atoms with Gasteiger partial charge in [-0.2, -0.15) is 0 Å². The predicted octanol–water partition coefficient (Wildman–Crippen LogP) is 1.50. The molecule has 2 unspecified atom stereocenters. The van der Waals surface area contributed by atoms with Crippen molar-refractivity contribution < 1.29 is 9.13 Å². The van der Waals surface area contributed by atoms with E-state index in [0.29, 0.717) is 22.7 Å². The molecular formula is C9H12BrFN4O. The molecule has 0 saturated heterocycles. The van der Waals surface area contributed by atoms with E-state index >= 15 is 0 Å².